The van der Waals surface area contributed by atoms with Gasteiger partial charge < -0.3 is 20.6 Å². The van der Waals surface area contributed by atoms with Crippen LogP contribution in [0, 0.1) is 5.92 Å². The van der Waals surface area contributed by atoms with Gasteiger partial charge in [0, 0.05) is 26.2 Å². The van der Waals surface area contributed by atoms with E-state index in [2.05, 4.69) is 17.0 Å². The summed E-state index contributed by atoms with van der Waals surface area (Å²) in [4.78, 5) is 2.30. The highest BCUT2D eigenvalue weighted by Crippen LogP contribution is 2.02. The van der Waals surface area contributed by atoms with Crippen LogP contribution in [0.15, 0.2) is 5.16 Å². The molecule has 0 aliphatic carbocycles. The molecule has 16 heavy (non-hydrogen) atoms. The van der Waals surface area contributed by atoms with Gasteiger partial charge in [-0.2, -0.15) is 0 Å². The molecule has 0 radical (unpaired) electrons. The third kappa shape index (κ3) is 6.63. The number of hydrogen-bond acceptors (Lipinski definition) is 4. The average Bonchev–Trinajstić information content (AvgIpc) is 2.31. The molecule has 0 bridgehead atoms. The fraction of sp³-hybridized carbons (Fsp3) is 0.909. The quantitative estimate of drug-likeness (QED) is 0.205. The topological polar surface area (TPSA) is 71.1 Å². The van der Waals surface area contributed by atoms with Crippen molar-refractivity contribution in [2.75, 3.05) is 33.4 Å². The van der Waals surface area contributed by atoms with Gasteiger partial charge in [0.05, 0.1) is 0 Å². The molecule has 0 aromatic rings. The number of hydrogen-bond donors (Lipinski definition) is 2. The van der Waals surface area contributed by atoms with Gasteiger partial charge in [-0.1, -0.05) is 19.0 Å². The molecule has 0 aromatic heterocycles. The van der Waals surface area contributed by atoms with Gasteiger partial charge in [-0.15, -0.1) is 0 Å². The zero-order valence-electron chi connectivity index (χ0n) is 10.6. The summed E-state index contributed by atoms with van der Waals surface area (Å²) in [6, 6.07) is 0. The molecule has 96 valence electrons. The first-order valence-electron chi connectivity index (χ1n) is 5.84. The summed E-state index contributed by atoms with van der Waals surface area (Å²) in [5.41, 5.74) is 5.55. The number of ether oxygens (including phenoxy) is 1. The molecule has 5 nitrogen and oxygen atoms in total. The summed E-state index contributed by atoms with van der Waals surface area (Å²) in [5, 5.41) is 11.6. The number of oxime groups is 1. The Labute approximate surface area is 98.2 Å². The van der Waals surface area contributed by atoms with Crippen molar-refractivity contribution in [1.82, 2.24) is 4.90 Å². The first kappa shape index (κ1) is 15.2. The molecule has 1 unspecified atom stereocenters. The lowest BCUT2D eigenvalue weighted by molar-refractivity contribution is 0.183. The van der Waals surface area contributed by atoms with E-state index < -0.39 is 0 Å². The maximum absolute atomic E-state index is 8.56. The van der Waals surface area contributed by atoms with Crippen LogP contribution in [0.2, 0.25) is 0 Å². The molecule has 0 heterocycles. The standard InChI is InChI=1S/C11H25N3O2/c1-4-14(7-5-6-8-16-3)9-10(2)11(12)13-15/h10,15H,4-9H2,1-3H3,(H2,12,13). The monoisotopic (exact) mass is 231 g/mol. The highest BCUT2D eigenvalue weighted by atomic mass is 16.5. The molecule has 0 fully saturated rings. The van der Waals surface area contributed by atoms with Gasteiger partial charge in [0.25, 0.3) is 0 Å². The van der Waals surface area contributed by atoms with Crippen molar-refractivity contribution in [1.29, 1.82) is 0 Å². The van der Waals surface area contributed by atoms with E-state index in [0.29, 0.717) is 5.84 Å². The van der Waals surface area contributed by atoms with Crippen LogP contribution in [-0.4, -0.2) is 49.3 Å². The Morgan fingerprint density at radius 2 is 2.19 bits per heavy atom. The van der Waals surface area contributed by atoms with Crippen LogP contribution in [0.25, 0.3) is 0 Å². The van der Waals surface area contributed by atoms with E-state index in [1.807, 2.05) is 6.92 Å². The van der Waals surface area contributed by atoms with Gasteiger partial charge in [-0.3, -0.25) is 0 Å². The van der Waals surface area contributed by atoms with Crippen molar-refractivity contribution >= 4 is 5.84 Å². The summed E-state index contributed by atoms with van der Waals surface area (Å²) in [6.45, 7) is 7.74. The van der Waals surface area contributed by atoms with Crippen molar-refractivity contribution in [3.63, 3.8) is 0 Å². The van der Waals surface area contributed by atoms with Gasteiger partial charge in [0.15, 0.2) is 0 Å². The van der Waals surface area contributed by atoms with Crippen LogP contribution in [0.4, 0.5) is 0 Å². The highest BCUT2D eigenvalue weighted by molar-refractivity contribution is 5.82. The third-order valence-corrected chi connectivity index (χ3v) is 2.67. The zero-order chi connectivity index (χ0) is 12.4. The molecule has 5 heteroatoms. The van der Waals surface area contributed by atoms with Gasteiger partial charge in [-0.05, 0) is 25.9 Å². The van der Waals surface area contributed by atoms with Gasteiger partial charge >= 0.3 is 0 Å². The summed E-state index contributed by atoms with van der Waals surface area (Å²) in [7, 11) is 1.72. The molecule has 0 aliphatic heterocycles. The molecule has 0 aliphatic rings. The largest absolute Gasteiger partial charge is 0.409 e. The first-order chi connectivity index (χ1) is 7.65. The van der Waals surface area contributed by atoms with Crippen LogP contribution in [0.1, 0.15) is 26.7 Å². The maximum atomic E-state index is 8.56. The smallest absolute Gasteiger partial charge is 0.143 e. The van der Waals surface area contributed by atoms with E-state index in [4.69, 9.17) is 15.7 Å². The second-order valence-electron chi connectivity index (χ2n) is 4.02. The van der Waals surface area contributed by atoms with E-state index in [1.54, 1.807) is 7.11 Å². The van der Waals surface area contributed by atoms with E-state index in [9.17, 15) is 0 Å². The number of rotatable bonds is 9. The molecule has 3 N–H and O–H groups in total. The van der Waals surface area contributed by atoms with Gasteiger partial charge in [-0.25, -0.2) is 0 Å². The van der Waals surface area contributed by atoms with E-state index >= 15 is 0 Å². The second-order valence-corrected chi connectivity index (χ2v) is 4.02. The first-order valence-corrected chi connectivity index (χ1v) is 5.84. The molecule has 0 saturated heterocycles. The van der Waals surface area contributed by atoms with Crippen LogP contribution in [-0.2, 0) is 4.74 Å². The lowest BCUT2D eigenvalue weighted by Gasteiger charge is -2.23. The Morgan fingerprint density at radius 3 is 2.69 bits per heavy atom. The van der Waals surface area contributed by atoms with Crippen molar-refractivity contribution in [2.24, 2.45) is 16.8 Å². The average molecular weight is 231 g/mol. The number of nitrogens with zero attached hydrogens (tertiary/aromatic N) is 2. The van der Waals surface area contributed by atoms with Crippen molar-refractivity contribution < 1.29 is 9.94 Å². The van der Waals surface area contributed by atoms with Crippen molar-refractivity contribution in [3.8, 4) is 0 Å². The second kappa shape index (κ2) is 9.42. The Balaban J connectivity index is 3.82. The molecular formula is C11H25N3O2. The third-order valence-electron chi connectivity index (χ3n) is 2.67. The molecule has 0 rings (SSSR count). The van der Waals surface area contributed by atoms with E-state index in [1.165, 1.54) is 0 Å². The summed E-state index contributed by atoms with van der Waals surface area (Å²) >= 11 is 0. The predicted molar refractivity (Wildman–Crippen MR) is 65.8 cm³/mol. The van der Waals surface area contributed by atoms with Crippen LogP contribution < -0.4 is 5.73 Å². The fourth-order valence-electron chi connectivity index (χ4n) is 1.54. The van der Waals surface area contributed by atoms with Crippen LogP contribution in [0.5, 0.6) is 0 Å². The summed E-state index contributed by atoms with van der Waals surface area (Å²) in [6.07, 6.45) is 2.19. The van der Waals surface area contributed by atoms with Gasteiger partial charge in [0.2, 0.25) is 0 Å². The van der Waals surface area contributed by atoms with Crippen LogP contribution >= 0.6 is 0 Å². The molecule has 1 atom stereocenters. The minimum atomic E-state index is 0.0902. The predicted octanol–water partition coefficient (Wildman–Crippen LogP) is 1.12. The SMILES string of the molecule is CCN(CCCCOC)CC(C)C(N)=NO. The van der Waals surface area contributed by atoms with Crippen LogP contribution in [0.3, 0.4) is 0 Å². The Morgan fingerprint density at radius 1 is 1.50 bits per heavy atom. The number of methoxy groups -OCH3 is 1. The maximum Gasteiger partial charge on any atom is 0.143 e. The van der Waals surface area contributed by atoms with Crippen molar-refractivity contribution in [3.05, 3.63) is 0 Å². The molecule has 0 saturated carbocycles. The van der Waals surface area contributed by atoms with Crippen molar-refractivity contribution in [2.45, 2.75) is 26.7 Å². The van der Waals surface area contributed by atoms with E-state index in [0.717, 1.165) is 39.1 Å². The zero-order valence-corrected chi connectivity index (χ0v) is 10.6. The molecule has 0 aromatic carbocycles. The Hall–Kier alpha value is -0.810. The lowest BCUT2D eigenvalue weighted by atomic mass is 10.1. The normalized spacial score (nSPS) is 14.4. The van der Waals surface area contributed by atoms with Gasteiger partial charge in [0.1, 0.15) is 5.84 Å². The number of nitrogens with two attached hydrogens (primary N) is 1. The molecule has 0 amide bonds. The van der Waals surface area contributed by atoms with E-state index in [-0.39, 0.29) is 5.92 Å². The number of unbranched alkanes of at least 4 members (excludes halogenated alkanes) is 1. The lowest BCUT2D eigenvalue weighted by Crippen LogP contribution is -2.35. The molecule has 0 spiro atoms. The highest BCUT2D eigenvalue weighted by Gasteiger charge is 2.12. The Bertz CT molecular complexity index is 198. The Kier molecular flexibility index (Phi) is 8.94. The minimum Gasteiger partial charge on any atom is -0.409 e. The molecular weight excluding hydrogens is 206 g/mol. The minimum absolute atomic E-state index is 0.0902. The summed E-state index contributed by atoms with van der Waals surface area (Å²) < 4.78 is 5.00. The summed E-state index contributed by atoms with van der Waals surface area (Å²) in [5.74, 6) is 0.391. The fourth-order valence-corrected chi connectivity index (χ4v) is 1.54. The number of amidine groups is 1.